The minimum atomic E-state index is -1.22. The number of benzene rings is 1. The van der Waals surface area contributed by atoms with Gasteiger partial charge in [0.2, 0.25) is 0 Å². The van der Waals surface area contributed by atoms with Gasteiger partial charge in [-0.1, -0.05) is 13.3 Å². The second-order valence-corrected chi connectivity index (χ2v) is 6.22. The Morgan fingerprint density at radius 2 is 1.79 bits per heavy atom. The van der Waals surface area contributed by atoms with Crippen molar-refractivity contribution in [2.75, 3.05) is 21.3 Å². The first-order chi connectivity index (χ1) is 11.3. The minimum absolute atomic E-state index is 0.191. The van der Waals surface area contributed by atoms with Gasteiger partial charge in [0.05, 0.1) is 21.3 Å². The minimum Gasteiger partial charge on any atom is -0.496 e. The van der Waals surface area contributed by atoms with E-state index in [9.17, 15) is 9.90 Å². The molecule has 24 heavy (non-hydrogen) atoms. The molecule has 0 fully saturated rings. The number of nitrogens with two attached hydrogens (primary N) is 1. The van der Waals surface area contributed by atoms with Gasteiger partial charge in [0, 0.05) is 5.56 Å². The molecular weight excluding hydrogens is 310 g/mol. The molecular formula is C18H29NO5. The van der Waals surface area contributed by atoms with E-state index in [-0.39, 0.29) is 5.92 Å². The molecule has 0 saturated carbocycles. The lowest BCUT2D eigenvalue weighted by atomic mass is 9.84. The Bertz CT molecular complexity index is 557. The van der Waals surface area contributed by atoms with Crippen molar-refractivity contribution in [1.82, 2.24) is 0 Å². The van der Waals surface area contributed by atoms with Gasteiger partial charge in [-0.05, 0) is 44.2 Å². The molecule has 1 rings (SSSR count). The van der Waals surface area contributed by atoms with Gasteiger partial charge < -0.3 is 25.1 Å². The maximum absolute atomic E-state index is 11.2. The maximum Gasteiger partial charge on any atom is 0.323 e. The molecule has 0 aliphatic rings. The first-order valence-corrected chi connectivity index (χ1v) is 8.10. The van der Waals surface area contributed by atoms with E-state index in [1.54, 1.807) is 34.3 Å². The molecule has 0 heterocycles. The molecule has 1 aromatic carbocycles. The summed E-state index contributed by atoms with van der Waals surface area (Å²) >= 11 is 0. The first kappa shape index (κ1) is 20.1. The summed E-state index contributed by atoms with van der Waals surface area (Å²) in [7, 11) is 4.80. The molecule has 6 nitrogen and oxygen atoms in total. The van der Waals surface area contributed by atoms with E-state index >= 15 is 0 Å². The van der Waals surface area contributed by atoms with Crippen molar-refractivity contribution < 1.29 is 24.1 Å². The Kier molecular flexibility index (Phi) is 7.35. The average molecular weight is 339 g/mol. The van der Waals surface area contributed by atoms with Gasteiger partial charge in [0.15, 0.2) is 11.5 Å². The third-order valence-electron chi connectivity index (χ3n) is 4.41. The van der Waals surface area contributed by atoms with Crippen LogP contribution in [0, 0.1) is 5.92 Å². The Hall–Kier alpha value is -1.95. The fourth-order valence-corrected chi connectivity index (χ4v) is 2.89. The molecule has 0 amide bonds. The fourth-order valence-electron chi connectivity index (χ4n) is 2.89. The van der Waals surface area contributed by atoms with Gasteiger partial charge in [0.25, 0.3) is 0 Å². The Balaban J connectivity index is 2.97. The molecule has 1 aromatic rings. The highest BCUT2D eigenvalue weighted by molar-refractivity contribution is 5.77. The van der Waals surface area contributed by atoms with Crippen LogP contribution in [0.2, 0.25) is 0 Å². The maximum atomic E-state index is 11.2. The highest BCUT2D eigenvalue weighted by Gasteiger charge is 2.31. The lowest BCUT2D eigenvalue weighted by Gasteiger charge is -2.25. The summed E-state index contributed by atoms with van der Waals surface area (Å²) in [6.45, 7) is 3.60. The van der Waals surface area contributed by atoms with Crippen molar-refractivity contribution in [2.45, 2.75) is 45.1 Å². The van der Waals surface area contributed by atoms with Crippen LogP contribution in [-0.4, -0.2) is 37.9 Å². The zero-order chi connectivity index (χ0) is 18.3. The van der Waals surface area contributed by atoms with Gasteiger partial charge in [-0.25, -0.2) is 0 Å². The Morgan fingerprint density at radius 1 is 1.21 bits per heavy atom. The number of ether oxygens (including phenoxy) is 3. The monoisotopic (exact) mass is 339 g/mol. The van der Waals surface area contributed by atoms with Crippen molar-refractivity contribution in [1.29, 1.82) is 0 Å². The summed E-state index contributed by atoms with van der Waals surface area (Å²) in [5.41, 5.74) is 5.60. The molecule has 0 aromatic heterocycles. The number of aliphatic carboxylic acids is 1. The second-order valence-electron chi connectivity index (χ2n) is 6.22. The largest absolute Gasteiger partial charge is 0.496 e. The van der Waals surface area contributed by atoms with E-state index in [0.717, 1.165) is 24.2 Å². The molecule has 2 atom stereocenters. The summed E-state index contributed by atoms with van der Waals surface area (Å²) < 4.78 is 16.3. The normalized spacial score (nSPS) is 14.6. The molecule has 0 radical (unpaired) electrons. The predicted octanol–water partition coefficient (Wildman–Crippen LogP) is 2.86. The van der Waals surface area contributed by atoms with Crippen LogP contribution in [-0.2, 0) is 11.2 Å². The summed E-state index contributed by atoms with van der Waals surface area (Å²) in [4.78, 5) is 11.2. The smallest absolute Gasteiger partial charge is 0.323 e. The van der Waals surface area contributed by atoms with E-state index in [1.165, 1.54) is 0 Å². The Labute approximate surface area is 143 Å². The number of rotatable bonds is 10. The molecule has 0 saturated heterocycles. The number of carboxylic acid groups (broad SMARTS) is 1. The van der Waals surface area contributed by atoms with Crippen molar-refractivity contribution in [3.63, 3.8) is 0 Å². The molecule has 6 heteroatoms. The number of carboxylic acids is 1. The van der Waals surface area contributed by atoms with Gasteiger partial charge in [0.1, 0.15) is 11.3 Å². The van der Waals surface area contributed by atoms with Crippen LogP contribution >= 0.6 is 0 Å². The van der Waals surface area contributed by atoms with Crippen molar-refractivity contribution >= 4 is 5.97 Å². The summed E-state index contributed by atoms with van der Waals surface area (Å²) in [6, 6.07) is 3.65. The number of hydrogen-bond donors (Lipinski definition) is 2. The van der Waals surface area contributed by atoms with Crippen molar-refractivity contribution in [3.05, 3.63) is 17.7 Å². The predicted molar refractivity (Wildman–Crippen MR) is 93.0 cm³/mol. The average Bonchev–Trinajstić information content (AvgIpc) is 2.57. The first-order valence-electron chi connectivity index (χ1n) is 8.10. The molecule has 0 spiro atoms. The molecule has 0 aliphatic heterocycles. The van der Waals surface area contributed by atoms with E-state index in [4.69, 9.17) is 19.9 Å². The zero-order valence-corrected chi connectivity index (χ0v) is 15.2. The highest BCUT2D eigenvalue weighted by atomic mass is 16.5. The molecule has 0 aliphatic carbocycles. The molecule has 136 valence electrons. The van der Waals surface area contributed by atoms with Gasteiger partial charge >= 0.3 is 5.97 Å². The third-order valence-corrected chi connectivity index (χ3v) is 4.41. The van der Waals surface area contributed by atoms with Gasteiger partial charge in [-0.2, -0.15) is 0 Å². The van der Waals surface area contributed by atoms with E-state index in [2.05, 4.69) is 0 Å². The van der Waals surface area contributed by atoms with E-state index < -0.39 is 11.5 Å². The number of carbonyl (C=O) groups is 1. The second kappa shape index (κ2) is 8.78. The van der Waals surface area contributed by atoms with Crippen LogP contribution in [0.15, 0.2) is 12.1 Å². The van der Waals surface area contributed by atoms with Crippen LogP contribution in [0.25, 0.3) is 0 Å². The van der Waals surface area contributed by atoms with Crippen LogP contribution in [0.5, 0.6) is 17.2 Å². The lowest BCUT2D eigenvalue weighted by Crippen LogP contribution is -2.46. The number of methoxy groups -OCH3 is 3. The highest BCUT2D eigenvalue weighted by Crippen LogP contribution is 2.39. The van der Waals surface area contributed by atoms with E-state index in [1.807, 2.05) is 13.0 Å². The van der Waals surface area contributed by atoms with Crippen LogP contribution in [0.1, 0.15) is 38.7 Å². The zero-order valence-electron chi connectivity index (χ0n) is 15.2. The summed E-state index contributed by atoms with van der Waals surface area (Å²) in [5, 5.41) is 9.22. The van der Waals surface area contributed by atoms with Crippen molar-refractivity contribution in [2.24, 2.45) is 11.7 Å². The van der Waals surface area contributed by atoms with Crippen LogP contribution in [0.3, 0.4) is 0 Å². The standard InChI is InChI=1S/C18H29NO5/c1-6-12(11-18(2,19)17(20)21)7-8-13-14(22-3)9-10-15(23-4)16(13)24-5/h9-10,12H,6-8,11,19H2,1-5H3,(H,20,21). The number of hydrogen-bond acceptors (Lipinski definition) is 5. The summed E-state index contributed by atoms with van der Waals surface area (Å²) in [5.74, 6) is 1.25. The summed E-state index contributed by atoms with van der Waals surface area (Å²) in [6.07, 6.45) is 2.76. The van der Waals surface area contributed by atoms with Gasteiger partial charge in [-0.3, -0.25) is 4.79 Å². The van der Waals surface area contributed by atoms with E-state index in [0.29, 0.717) is 24.3 Å². The fraction of sp³-hybridized carbons (Fsp3) is 0.611. The quantitative estimate of drug-likeness (QED) is 0.681. The Morgan fingerprint density at radius 3 is 2.25 bits per heavy atom. The van der Waals surface area contributed by atoms with Crippen LogP contribution < -0.4 is 19.9 Å². The van der Waals surface area contributed by atoms with Crippen molar-refractivity contribution in [3.8, 4) is 17.2 Å². The SMILES string of the molecule is CCC(CCc1c(OC)ccc(OC)c1OC)CC(C)(N)C(=O)O. The molecule has 2 unspecified atom stereocenters. The topological polar surface area (TPSA) is 91.0 Å². The van der Waals surface area contributed by atoms with Gasteiger partial charge in [-0.15, -0.1) is 0 Å². The molecule has 0 bridgehead atoms. The lowest BCUT2D eigenvalue weighted by molar-refractivity contribution is -0.143. The van der Waals surface area contributed by atoms with Crippen LogP contribution in [0.4, 0.5) is 0 Å². The molecule has 3 N–H and O–H groups in total. The third kappa shape index (κ3) is 4.77.